The number of carbonyl (C=O) groups is 1. The highest BCUT2D eigenvalue weighted by molar-refractivity contribution is 5.91. The molecule has 6 nitrogen and oxygen atoms in total. The Labute approximate surface area is 103 Å². The predicted molar refractivity (Wildman–Crippen MR) is 60.8 cm³/mol. The van der Waals surface area contributed by atoms with Crippen molar-refractivity contribution in [2.24, 2.45) is 0 Å². The fraction of sp³-hybridized carbons (Fsp3) is 0.250. The van der Waals surface area contributed by atoms with Crippen molar-refractivity contribution in [2.45, 2.75) is 18.4 Å². The summed E-state index contributed by atoms with van der Waals surface area (Å²) >= 11 is 0. The number of hydrogen-bond acceptors (Lipinski definition) is 5. The Morgan fingerprint density at radius 1 is 1.50 bits per heavy atom. The number of aliphatic hydroxyl groups is 1. The van der Waals surface area contributed by atoms with Crippen molar-refractivity contribution in [3.8, 4) is 0 Å². The van der Waals surface area contributed by atoms with Gasteiger partial charge in [-0.05, 0) is 12.1 Å². The van der Waals surface area contributed by atoms with E-state index in [1.54, 1.807) is 18.4 Å². The molecule has 6 heteroatoms. The number of ketones is 1. The topological polar surface area (TPSA) is 81.1 Å². The van der Waals surface area contributed by atoms with Crippen LogP contribution >= 0.6 is 0 Å². The lowest BCUT2D eigenvalue weighted by molar-refractivity contribution is -0.116. The Bertz CT molecular complexity index is 572. The molecule has 3 rings (SSSR count). The van der Waals surface area contributed by atoms with Crippen LogP contribution in [-0.4, -0.2) is 25.7 Å². The molecule has 1 aliphatic rings. The van der Waals surface area contributed by atoms with Gasteiger partial charge in [0.1, 0.15) is 30.2 Å². The van der Waals surface area contributed by atoms with E-state index in [0.29, 0.717) is 5.76 Å². The molecule has 0 bridgehead atoms. The fourth-order valence-electron chi connectivity index (χ4n) is 2.28. The van der Waals surface area contributed by atoms with Gasteiger partial charge in [-0.1, -0.05) is 0 Å². The minimum absolute atomic E-state index is 0.0156. The van der Waals surface area contributed by atoms with Crippen LogP contribution in [0.2, 0.25) is 0 Å². The maximum absolute atomic E-state index is 11.6. The summed E-state index contributed by atoms with van der Waals surface area (Å²) in [6, 6.07) is 3.10. The van der Waals surface area contributed by atoms with Crippen molar-refractivity contribution < 1.29 is 14.3 Å². The van der Waals surface area contributed by atoms with Crippen molar-refractivity contribution >= 4 is 5.78 Å². The van der Waals surface area contributed by atoms with Gasteiger partial charge in [0.2, 0.25) is 0 Å². The van der Waals surface area contributed by atoms with Gasteiger partial charge in [-0.15, -0.1) is 0 Å². The van der Waals surface area contributed by atoms with E-state index in [0.717, 1.165) is 0 Å². The number of nitrogens with zero attached hydrogens (tertiary/aromatic N) is 3. The highest BCUT2D eigenvalue weighted by Crippen LogP contribution is 2.38. The predicted octanol–water partition coefficient (Wildman–Crippen LogP) is 1.61. The molecule has 18 heavy (non-hydrogen) atoms. The number of aromatic nitrogens is 3. The minimum Gasteiger partial charge on any atom is -0.510 e. The van der Waals surface area contributed by atoms with E-state index in [1.165, 1.54) is 23.4 Å². The molecule has 2 aromatic heterocycles. The van der Waals surface area contributed by atoms with Crippen LogP contribution in [0.3, 0.4) is 0 Å². The van der Waals surface area contributed by atoms with Gasteiger partial charge in [-0.2, -0.15) is 5.10 Å². The summed E-state index contributed by atoms with van der Waals surface area (Å²) in [7, 11) is 0. The summed E-state index contributed by atoms with van der Waals surface area (Å²) in [5.74, 6) is 0.256. The molecule has 0 aromatic carbocycles. The zero-order chi connectivity index (χ0) is 12.5. The Hall–Kier alpha value is -2.37. The maximum atomic E-state index is 11.6. The summed E-state index contributed by atoms with van der Waals surface area (Å²) in [5.41, 5.74) is 0. The molecule has 2 heterocycles. The second kappa shape index (κ2) is 4.14. The van der Waals surface area contributed by atoms with Gasteiger partial charge in [-0.25, -0.2) is 9.67 Å². The van der Waals surface area contributed by atoms with Crippen molar-refractivity contribution in [2.75, 3.05) is 0 Å². The van der Waals surface area contributed by atoms with Crippen LogP contribution < -0.4 is 0 Å². The van der Waals surface area contributed by atoms with Gasteiger partial charge in [0.25, 0.3) is 0 Å². The molecule has 1 aliphatic carbocycles. The summed E-state index contributed by atoms with van der Waals surface area (Å²) in [5, 5.41) is 14.0. The van der Waals surface area contributed by atoms with Gasteiger partial charge in [0.15, 0.2) is 5.78 Å². The molecular formula is C12H11N3O3. The smallest absolute Gasteiger partial charge is 0.159 e. The van der Waals surface area contributed by atoms with Crippen LogP contribution in [0.25, 0.3) is 0 Å². The van der Waals surface area contributed by atoms with Crippen LogP contribution in [0.4, 0.5) is 0 Å². The number of aliphatic hydroxyl groups excluding tert-OH is 1. The third kappa shape index (κ3) is 1.71. The third-order valence-electron chi connectivity index (χ3n) is 3.04. The van der Waals surface area contributed by atoms with Crippen molar-refractivity contribution in [1.82, 2.24) is 14.8 Å². The third-order valence-corrected chi connectivity index (χ3v) is 3.04. The number of carbonyl (C=O) groups excluding carboxylic acids is 1. The molecule has 0 radical (unpaired) electrons. The number of allylic oxidation sites excluding steroid dienone is 2. The first-order chi connectivity index (χ1) is 8.75. The molecule has 0 fully saturated rings. The SMILES string of the molecule is O=C1C=C(O)[C@@H](n2cncn2)[C@H](c2ccco2)C1. The molecule has 2 atom stereocenters. The van der Waals surface area contributed by atoms with Crippen LogP contribution in [0.1, 0.15) is 24.1 Å². The van der Waals surface area contributed by atoms with E-state index in [9.17, 15) is 9.90 Å². The monoisotopic (exact) mass is 245 g/mol. The van der Waals surface area contributed by atoms with Gasteiger partial charge < -0.3 is 9.52 Å². The zero-order valence-electron chi connectivity index (χ0n) is 9.43. The summed E-state index contributed by atoms with van der Waals surface area (Å²) < 4.78 is 6.88. The number of furan rings is 1. The molecule has 0 amide bonds. The average molecular weight is 245 g/mol. The van der Waals surface area contributed by atoms with Crippen molar-refractivity contribution in [3.05, 3.63) is 48.6 Å². The second-order valence-electron chi connectivity index (χ2n) is 4.18. The summed E-state index contributed by atoms with van der Waals surface area (Å²) in [6.45, 7) is 0. The maximum Gasteiger partial charge on any atom is 0.159 e. The molecule has 0 saturated heterocycles. The van der Waals surface area contributed by atoms with E-state index in [4.69, 9.17) is 4.42 Å². The lowest BCUT2D eigenvalue weighted by Crippen LogP contribution is -2.26. The molecule has 2 aromatic rings. The highest BCUT2D eigenvalue weighted by Gasteiger charge is 2.36. The van der Waals surface area contributed by atoms with Gasteiger partial charge in [0.05, 0.1) is 12.2 Å². The lowest BCUT2D eigenvalue weighted by Gasteiger charge is -2.27. The first-order valence-corrected chi connectivity index (χ1v) is 5.56. The minimum atomic E-state index is -0.448. The molecule has 0 unspecified atom stereocenters. The Kier molecular flexibility index (Phi) is 2.47. The number of hydrogen-bond donors (Lipinski definition) is 1. The Morgan fingerprint density at radius 2 is 2.39 bits per heavy atom. The van der Waals surface area contributed by atoms with E-state index < -0.39 is 6.04 Å². The first kappa shape index (κ1) is 10.8. The van der Waals surface area contributed by atoms with Crippen molar-refractivity contribution in [3.63, 3.8) is 0 Å². The normalized spacial score (nSPS) is 24.0. The van der Waals surface area contributed by atoms with E-state index in [-0.39, 0.29) is 23.9 Å². The Morgan fingerprint density at radius 3 is 3.06 bits per heavy atom. The van der Waals surface area contributed by atoms with Gasteiger partial charge >= 0.3 is 0 Å². The second-order valence-corrected chi connectivity index (χ2v) is 4.18. The molecular weight excluding hydrogens is 234 g/mol. The zero-order valence-corrected chi connectivity index (χ0v) is 9.43. The van der Waals surface area contributed by atoms with E-state index in [2.05, 4.69) is 10.1 Å². The van der Waals surface area contributed by atoms with E-state index >= 15 is 0 Å². The van der Waals surface area contributed by atoms with E-state index in [1.807, 2.05) is 0 Å². The molecule has 1 N–H and O–H groups in total. The van der Waals surface area contributed by atoms with Crippen LogP contribution in [-0.2, 0) is 4.79 Å². The lowest BCUT2D eigenvalue weighted by atomic mass is 9.85. The fourth-order valence-corrected chi connectivity index (χ4v) is 2.28. The Balaban J connectivity index is 2.05. The van der Waals surface area contributed by atoms with Crippen LogP contribution in [0.15, 0.2) is 47.3 Å². The standard InChI is InChI=1S/C12H11N3O3/c16-8-4-9(11-2-1-3-18-11)12(10(17)5-8)15-7-13-6-14-15/h1-3,5-7,9,12,17H,4H2/t9-,12-/m0/s1. The van der Waals surface area contributed by atoms with Crippen LogP contribution in [0.5, 0.6) is 0 Å². The first-order valence-electron chi connectivity index (χ1n) is 5.56. The van der Waals surface area contributed by atoms with Gasteiger partial charge in [-0.3, -0.25) is 4.79 Å². The quantitative estimate of drug-likeness (QED) is 0.869. The molecule has 92 valence electrons. The summed E-state index contributed by atoms with van der Waals surface area (Å²) in [4.78, 5) is 15.4. The average Bonchev–Trinajstić information content (AvgIpc) is 3.01. The molecule has 0 spiro atoms. The largest absolute Gasteiger partial charge is 0.510 e. The van der Waals surface area contributed by atoms with Gasteiger partial charge in [0, 0.05) is 12.5 Å². The number of rotatable bonds is 2. The molecule has 0 aliphatic heterocycles. The highest BCUT2D eigenvalue weighted by atomic mass is 16.3. The van der Waals surface area contributed by atoms with Crippen molar-refractivity contribution in [1.29, 1.82) is 0 Å². The molecule has 0 saturated carbocycles. The van der Waals surface area contributed by atoms with Crippen LogP contribution in [0, 0.1) is 0 Å². The summed E-state index contributed by atoms with van der Waals surface area (Å²) in [6.07, 6.45) is 5.98.